The second-order valence-electron chi connectivity index (χ2n) is 7.44. The van der Waals surface area contributed by atoms with E-state index in [1.54, 1.807) is 6.07 Å². The number of carbonyl (C=O) groups is 3. The summed E-state index contributed by atoms with van der Waals surface area (Å²) >= 11 is 6.24. The average Bonchev–Trinajstić information content (AvgIpc) is 2.81. The number of amides is 3. The van der Waals surface area contributed by atoms with E-state index in [4.69, 9.17) is 11.6 Å². The summed E-state index contributed by atoms with van der Waals surface area (Å²) in [4.78, 5) is 47.2. The van der Waals surface area contributed by atoms with Crippen molar-refractivity contribution >= 4 is 29.3 Å². The lowest BCUT2D eigenvalue weighted by molar-refractivity contribution is -0.143. The number of nitrogens with one attached hydrogen (secondary N) is 1. The molecule has 2 aromatic rings. The van der Waals surface area contributed by atoms with Crippen LogP contribution in [0, 0.1) is 5.95 Å². The molecule has 1 saturated heterocycles. The van der Waals surface area contributed by atoms with Gasteiger partial charge in [0, 0.05) is 38.7 Å². The van der Waals surface area contributed by atoms with Gasteiger partial charge in [0.05, 0.1) is 17.8 Å². The molecule has 3 rings (SSSR count). The molecule has 0 aliphatic carbocycles. The molecule has 2 atom stereocenters. The highest BCUT2D eigenvalue weighted by Crippen LogP contribution is 2.32. The highest BCUT2D eigenvalue weighted by Gasteiger charge is 2.38. The summed E-state index contributed by atoms with van der Waals surface area (Å²) in [5.74, 6) is -2.23. The predicted molar refractivity (Wildman–Crippen MR) is 118 cm³/mol. The standard InChI is InChI=1S/C22H22ClF2N5O3/c1-4-21(32)30-11-18(29(12(2)31)10-15(30)9-24)14-6-16(27-19(23)7-14)13-5-17(22(33)26-3)28-20(25)8-13/h4-8,15,18H,1,9-11H2,2-3H3,(H,26,33). The Kier molecular flexibility index (Phi) is 7.37. The number of hydrogen-bond donors (Lipinski definition) is 1. The van der Waals surface area contributed by atoms with Gasteiger partial charge in [-0.1, -0.05) is 18.2 Å². The van der Waals surface area contributed by atoms with E-state index in [-0.39, 0.29) is 41.1 Å². The van der Waals surface area contributed by atoms with Crippen molar-refractivity contribution in [1.29, 1.82) is 0 Å². The van der Waals surface area contributed by atoms with Crippen LogP contribution in [0.5, 0.6) is 0 Å². The third-order valence-corrected chi connectivity index (χ3v) is 5.58. The molecule has 0 saturated carbocycles. The summed E-state index contributed by atoms with van der Waals surface area (Å²) in [6, 6.07) is 4.11. The largest absolute Gasteiger partial charge is 0.354 e. The Hall–Kier alpha value is -3.40. The number of halogens is 3. The first-order chi connectivity index (χ1) is 15.7. The van der Waals surface area contributed by atoms with E-state index in [2.05, 4.69) is 21.9 Å². The van der Waals surface area contributed by atoms with E-state index in [9.17, 15) is 23.2 Å². The molecule has 1 aliphatic rings. The maximum Gasteiger partial charge on any atom is 0.269 e. The number of nitrogens with zero attached hydrogens (tertiary/aromatic N) is 4. The Balaban J connectivity index is 2.08. The first-order valence-corrected chi connectivity index (χ1v) is 10.4. The average molecular weight is 478 g/mol. The lowest BCUT2D eigenvalue weighted by Crippen LogP contribution is -2.58. The second kappa shape index (κ2) is 10.0. The Morgan fingerprint density at radius 1 is 1.21 bits per heavy atom. The fourth-order valence-electron chi connectivity index (χ4n) is 3.79. The number of hydrogen-bond acceptors (Lipinski definition) is 5. The van der Waals surface area contributed by atoms with Crippen LogP contribution in [0.2, 0.25) is 5.15 Å². The van der Waals surface area contributed by atoms with Crippen molar-refractivity contribution in [3.8, 4) is 11.3 Å². The quantitative estimate of drug-likeness (QED) is 0.527. The number of aromatic nitrogens is 2. The van der Waals surface area contributed by atoms with Gasteiger partial charge in [0.15, 0.2) is 0 Å². The van der Waals surface area contributed by atoms with Gasteiger partial charge in [-0.15, -0.1) is 0 Å². The molecule has 33 heavy (non-hydrogen) atoms. The van der Waals surface area contributed by atoms with Crippen LogP contribution in [-0.4, -0.2) is 70.3 Å². The van der Waals surface area contributed by atoms with Crippen LogP contribution in [0.1, 0.15) is 29.0 Å². The highest BCUT2D eigenvalue weighted by atomic mass is 35.5. The molecule has 3 amide bonds. The summed E-state index contributed by atoms with van der Waals surface area (Å²) < 4.78 is 27.7. The fraction of sp³-hybridized carbons (Fsp3) is 0.318. The third-order valence-electron chi connectivity index (χ3n) is 5.39. The molecule has 1 N–H and O–H groups in total. The number of pyridine rings is 2. The van der Waals surface area contributed by atoms with Gasteiger partial charge in [-0.3, -0.25) is 14.4 Å². The molecule has 0 aromatic carbocycles. The zero-order valence-electron chi connectivity index (χ0n) is 18.0. The van der Waals surface area contributed by atoms with Gasteiger partial charge in [-0.2, -0.15) is 4.39 Å². The monoisotopic (exact) mass is 477 g/mol. The lowest BCUT2D eigenvalue weighted by atomic mass is 9.98. The summed E-state index contributed by atoms with van der Waals surface area (Å²) in [6.07, 6.45) is 1.09. The number of carbonyl (C=O) groups excluding carboxylic acids is 3. The van der Waals surface area contributed by atoms with E-state index < -0.39 is 36.5 Å². The van der Waals surface area contributed by atoms with Crippen LogP contribution in [0.15, 0.2) is 36.9 Å². The Bertz CT molecular complexity index is 1110. The minimum atomic E-state index is -0.883. The molecule has 11 heteroatoms. The van der Waals surface area contributed by atoms with Crippen molar-refractivity contribution in [2.45, 2.75) is 19.0 Å². The molecule has 3 heterocycles. The van der Waals surface area contributed by atoms with Crippen molar-refractivity contribution in [2.75, 3.05) is 26.8 Å². The van der Waals surface area contributed by atoms with E-state index in [1.807, 2.05) is 0 Å². The van der Waals surface area contributed by atoms with Crippen molar-refractivity contribution in [3.63, 3.8) is 0 Å². The molecule has 0 spiro atoms. The maximum absolute atomic E-state index is 14.1. The van der Waals surface area contributed by atoms with Gasteiger partial charge in [0.1, 0.15) is 17.5 Å². The lowest BCUT2D eigenvalue weighted by Gasteiger charge is -2.45. The minimum absolute atomic E-state index is 0.00694. The summed E-state index contributed by atoms with van der Waals surface area (Å²) in [6.45, 7) is 3.98. The van der Waals surface area contributed by atoms with E-state index in [0.717, 1.165) is 12.1 Å². The van der Waals surface area contributed by atoms with E-state index in [1.165, 1.54) is 35.9 Å². The number of piperazine rings is 1. The molecular formula is C22H22ClF2N5O3. The highest BCUT2D eigenvalue weighted by molar-refractivity contribution is 6.29. The summed E-state index contributed by atoms with van der Waals surface area (Å²) in [7, 11) is 1.39. The zero-order valence-corrected chi connectivity index (χ0v) is 18.8. The number of alkyl halides is 1. The second-order valence-corrected chi connectivity index (χ2v) is 7.83. The van der Waals surface area contributed by atoms with Gasteiger partial charge in [0.25, 0.3) is 5.91 Å². The van der Waals surface area contributed by atoms with Crippen molar-refractivity contribution in [2.24, 2.45) is 0 Å². The van der Waals surface area contributed by atoms with Crippen LogP contribution in [0.3, 0.4) is 0 Å². The molecule has 1 aliphatic heterocycles. The fourth-order valence-corrected chi connectivity index (χ4v) is 4.00. The van der Waals surface area contributed by atoms with Crippen LogP contribution >= 0.6 is 11.6 Å². The van der Waals surface area contributed by atoms with Crippen LogP contribution in [0.25, 0.3) is 11.3 Å². The van der Waals surface area contributed by atoms with E-state index in [0.29, 0.717) is 5.56 Å². The molecule has 2 aromatic heterocycles. The Labute approximate surface area is 194 Å². The topological polar surface area (TPSA) is 95.5 Å². The molecule has 2 unspecified atom stereocenters. The number of rotatable bonds is 5. The molecule has 1 fully saturated rings. The maximum atomic E-state index is 14.1. The van der Waals surface area contributed by atoms with Crippen LogP contribution < -0.4 is 5.32 Å². The van der Waals surface area contributed by atoms with Gasteiger partial charge in [-0.25, -0.2) is 14.4 Å². The van der Waals surface area contributed by atoms with Crippen LogP contribution in [-0.2, 0) is 9.59 Å². The Morgan fingerprint density at radius 3 is 2.55 bits per heavy atom. The first kappa shape index (κ1) is 24.2. The van der Waals surface area contributed by atoms with Gasteiger partial charge >= 0.3 is 0 Å². The van der Waals surface area contributed by atoms with Gasteiger partial charge in [-0.05, 0) is 29.8 Å². The van der Waals surface area contributed by atoms with Crippen molar-refractivity contribution in [3.05, 3.63) is 59.3 Å². The zero-order chi connectivity index (χ0) is 24.3. The normalized spacial score (nSPS) is 18.1. The van der Waals surface area contributed by atoms with Crippen molar-refractivity contribution < 1.29 is 23.2 Å². The van der Waals surface area contributed by atoms with Gasteiger partial charge in [0.2, 0.25) is 17.8 Å². The smallest absolute Gasteiger partial charge is 0.269 e. The summed E-state index contributed by atoms with van der Waals surface area (Å²) in [5.41, 5.74) is 0.850. The molecule has 174 valence electrons. The molecule has 8 nitrogen and oxygen atoms in total. The molecular weight excluding hydrogens is 456 g/mol. The van der Waals surface area contributed by atoms with E-state index >= 15 is 0 Å². The minimum Gasteiger partial charge on any atom is -0.354 e. The van der Waals surface area contributed by atoms with Crippen molar-refractivity contribution in [1.82, 2.24) is 25.1 Å². The molecule has 0 radical (unpaired) electrons. The molecule has 0 bridgehead atoms. The SMILES string of the molecule is C=CC(=O)N1CC(c2cc(Cl)nc(-c3cc(F)nc(C(=O)NC)c3)c2)N(C(C)=O)CC1CF. The Morgan fingerprint density at radius 2 is 1.94 bits per heavy atom. The third kappa shape index (κ3) is 5.16. The summed E-state index contributed by atoms with van der Waals surface area (Å²) in [5, 5.41) is 2.43. The van der Waals surface area contributed by atoms with Crippen LogP contribution in [0.4, 0.5) is 8.78 Å². The predicted octanol–water partition coefficient (Wildman–Crippen LogP) is 2.55. The first-order valence-electron chi connectivity index (χ1n) is 10.0. The van der Waals surface area contributed by atoms with Gasteiger partial charge < -0.3 is 15.1 Å².